The first-order chi connectivity index (χ1) is 15.5. The number of likely N-dealkylation sites (tertiary alicyclic amines) is 1. The Balaban J connectivity index is 1.46. The van der Waals surface area contributed by atoms with E-state index in [2.05, 4.69) is 20.8 Å². The molecule has 3 amide bonds. The molecule has 4 rings (SSSR count). The number of urea groups is 1. The molecule has 1 saturated carbocycles. The second-order valence-electron chi connectivity index (χ2n) is 9.25. The number of H-pyrrole nitrogens is 1. The first-order valence-electron chi connectivity index (χ1n) is 12.0. The molecule has 7 nitrogen and oxygen atoms in total. The van der Waals surface area contributed by atoms with Crippen LogP contribution >= 0.6 is 0 Å². The van der Waals surface area contributed by atoms with Gasteiger partial charge in [0.2, 0.25) is 5.91 Å². The Hall–Kier alpha value is -2.83. The van der Waals surface area contributed by atoms with Crippen LogP contribution in [-0.4, -0.2) is 46.2 Å². The van der Waals surface area contributed by atoms with E-state index in [1.165, 1.54) is 12.8 Å². The average Bonchev–Trinajstić information content (AvgIpc) is 3.16. The Labute approximate surface area is 190 Å². The highest BCUT2D eigenvalue weighted by Gasteiger charge is 2.32. The second kappa shape index (κ2) is 10.2. The molecule has 1 aliphatic heterocycles. The van der Waals surface area contributed by atoms with Crippen molar-refractivity contribution < 1.29 is 9.59 Å². The third-order valence-corrected chi connectivity index (χ3v) is 6.90. The minimum absolute atomic E-state index is 0.100. The van der Waals surface area contributed by atoms with Gasteiger partial charge in [-0.25, -0.2) is 4.79 Å². The standard InChI is InChI=1S/C25H35N5O2/c1-17-22(18(2)29-28-17)19-11-13-21(14-12-19)26-24(31)23(20-9-5-3-6-10-20)27-25(32)30-15-7-4-8-16-30/h11-14,20,23H,3-10,15-16H2,1-2H3,(H,26,31)(H,27,32)(H,28,29)/t23-/m0/s1. The molecule has 7 heteroatoms. The Bertz CT molecular complexity index is 905. The van der Waals surface area contributed by atoms with Gasteiger partial charge in [-0.2, -0.15) is 5.10 Å². The highest BCUT2D eigenvalue weighted by Crippen LogP contribution is 2.29. The number of aromatic amines is 1. The molecule has 2 aliphatic rings. The summed E-state index contributed by atoms with van der Waals surface area (Å²) in [6, 6.07) is 7.25. The molecule has 1 aromatic heterocycles. The summed E-state index contributed by atoms with van der Waals surface area (Å²) < 4.78 is 0. The summed E-state index contributed by atoms with van der Waals surface area (Å²) in [5.41, 5.74) is 4.88. The molecule has 2 fully saturated rings. The Morgan fingerprint density at radius 3 is 2.28 bits per heavy atom. The van der Waals surface area contributed by atoms with E-state index in [0.29, 0.717) is 0 Å². The zero-order valence-electron chi connectivity index (χ0n) is 19.2. The number of aryl methyl sites for hydroxylation is 2. The molecule has 2 heterocycles. The number of benzene rings is 1. The van der Waals surface area contributed by atoms with E-state index in [1.807, 2.05) is 43.0 Å². The fourth-order valence-corrected chi connectivity index (χ4v) is 5.10. The summed E-state index contributed by atoms with van der Waals surface area (Å²) in [5, 5.41) is 13.4. The lowest BCUT2D eigenvalue weighted by atomic mass is 9.83. The summed E-state index contributed by atoms with van der Waals surface area (Å²) in [6.45, 7) is 5.54. The number of carbonyl (C=O) groups excluding carboxylic acids is 2. The molecule has 172 valence electrons. The van der Waals surface area contributed by atoms with E-state index in [9.17, 15) is 9.59 Å². The van der Waals surface area contributed by atoms with Crippen LogP contribution in [0.15, 0.2) is 24.3 Å². The lowest BCUT2D eigenvalue weighted by molar-refractivity contribution is -0.119. The molecule has 0 radical (unpaired) electrons. The molecule has 0 bridgehead atoms. The van der Waals surface area contributed by atoms with Crippen LogP contribution in [0.3, 0.4) is 0 Å². The largest absolute Gasteiger partial charge is 0.326 e. The van der Waals surface area contributed by atoms with E-state index in [1.54, 1.807) is 0 Å². The minimum atomic E-state index is -0.497. The van der Waals surface area contributed by atoms with Gasteiger partial charge >= 0.3 is 6.03 Å². The van der Waals surface area contributed by atoms with E-state index < -0.39 is 6.04 Å². The van der Waals surface area contributed by atoms with Crippen molar-refractivity contribution in [1.82, 2.24) is 20.4 Å². The maximum Gasteiger partial charge on any atom is 0.318 e. The number of hydrogen-bond acceptors (Lipinski definition) is 3. The fraction of sp³-hybridized carbons (Fsp3) is 0.560. The van der Waals surface area contributed by atoms with Gasteiger partial charge in [-0.3, -0.25) is 9.89 Å². The molecule has 1 aliphatic carbocycles. The predicted octanol–water partition coefficient (Wildman–Crippen LogP) is 4.78. The van der Waals surface area contributed by atoms with Crippen molar-refractivity contribution in [2.75, 3.05) is 18.4 Å². The van der Waals surface area contributed by atoms with Crippen LogP contribution in [0.4, 0.5) is 10.5 Å². The molecule has 3 N–H and O–H groups in total. The maximum atomic E-state index is 13.3. The summed E-state index contributed by atoms with van der Waals surface area (Å²) in [7, 11) is 0. The molecule has 1 saturated heterocycles. The average molecular weight is 438 g/mol. The van der Waals surface area contributed by atoms with Crippen molar-refractivity contribution in [2.45, 2.75) is 71.3 Å². The molecule has 2 aromatic rings. The van der Waals surface area contributed by atoms with Gasteiger partial charge < -0.3 is 15.5 Å². The Morgan fingerprint density at radius 1 is 1.00 bits per heavy atom. The van der Waals surface area contributed by atoms with Crippen LogP contribution in [0.25, 0.3) is 11.1 Å². The number of rotatable bonds is 5. The quantitative estimate of drug-likeness (QED) is 0.629. The van der Waals surface area contributed by atoms with Gasteiger partial charge in [-0.1, -0.05) is 31.4 Å². The Morgan fingerprint density at radius 2 is 1.66 bits per heavy atom. The lowest BCUT2D eigenvalue weighted by Crippen LogP contribution is -2.53. The number of nitrogens with zero attached hydrogens (tertiary/aromatic N) is 2. The molecule has 0 unspecified atom stereocenters. The zero-order valence-corrected chi connectivity index (χ0v) is 19.2. The summed E-state index contributed by atoms with van der Waals surface area (Å²) in [6.07, 6.45) is 8.65. The predicted molar refractivity (Wildman–Crippen MR) is 126 cm³/mol. The van der Waals surface area contributed by atoms with Gasteiger partial charge in [-0.05, 0) is 69.6 Å². The maximum absolute atomic E-state index is 13.3. The smallest absolute Gasteiger partial charge is 0.318 e. The number of nitrogens with one attached hydrogen (secondary N) is 3. The summed E-state index contributed by atoms with van der Waals surface area (Å²) >= 11 is 0. The first kappa shape index (κ1) is 22.4. The Kier molecular flexibility index (Phi) is 7.12. The molecule has 32 heavy (non-hydrogen) atoms. The van der Waals surface area contributed by atoms with Crippen LogP contribution < -0.4 is 10.6 Å². The third kappa shape index (κ3) is 5.14. The number of hydrogen-bond donors (Lipinski definition) is 3. The number of carbonyl (C=O) groups is 2. The normalized spacial score (nSPS) is 18.2. The highest BCUT2D eigenvalue weighted by atomic mass is 16.2. The van der Waals surface area contributed by atoms with Gasteiger partial charge in [0, 0.05) is 30.0 Å². The molecule has 0 spiro atoms. The zero-order chi connectivity index (χ0) is 22.5. The number of aromatic nitrogens is 2. The number of piperidine rings is 1. The highest BCUT2D eigenvalue weighted by molar-refractivity contribution is 5.97. The van der Waals surface area contributed by atoms with E-state index in [-0.39, 0.29) is 17.9 Å². The summed E-state index contributed by atoms with van der Waals surface area (Å²) in [4.78, 5) is 28.0. The van der Waals surface area contributed by atoms with Gasteiger partial charge in [-0.15, -0.1) is 0 Å². The van der Waals surface area contributed by atoms with E-state index in [0.717, 1.165) is 79.8 Å². The van der Waals surface area contributed by atoms with E-state index in [4.69, 9.17) is 0 Å². The van der Waals surface area contributed by atoms with Crippen LogP contribution in [0, 0.1) is 19.8 Å². The topological polar surface area (TPSA) is 90.1 Å². The number of anilines is 1. The van der Waals surface area contributed by atoms with Crippen LogP contribution in [-0.2, 0) is 4.79 Å². The van der Waals surface area contributed by atoms with Gasteiger partial charge in [0.1, 0.15) is 6.04 Å². The lowest BCUT2D eigenvalue weighted by Gasteiger charge is -2.33. The van der Waals surface area contributed by atoms with Crippen molar-refractivity contribution in [2.24, 2.45) is 5.92 Å². The van der Waals surface area contributed by atoms with Crippen molar-refractivity contribution in [3.8, 4) is 11.1 Å². The number of amides is 3. The molecular formula is C25H35N5O2. The van der Waals surface area contributed by atoms with Crippen molar-refractivity contribution in [1.29, 1.82) is 0 Å². The van der Waals surface area contributed by atoms with Crippen molar-refractivity contribution >= 4 is 17.6 Å². The molecule has 1 aromatic carbocycles. The SMILES string of the molecule is Cc1n[nH]c(C)c1-c1ccc(NC(=O)[C@@H](NC(=O)N2CCCCC2)C2CCCCC2)cc1. The monoisotopic (exact) mass is 437 g/mol. The minimum Gasteiger partial charge on any atom is -0.326 e. The van der Waals surface area contributed by atoms with Crippen molar-refractivity contribution in [3.63, 3.8) is 0 Å². The molecular weight excluding hydrogens is 402 g/mol. The van der Waals surface area contributed by atoms with Crippen LogP contribution in [0.5, 0.6) is 0 Å². The van der Waals surface area contributed by atoms with Gasteiger partial charge in [0.25, 0.3) is 0 Å². The fourth-order valence-electron chi connectivity index (χ4n) is 5.10. The van der Waals surface area contributed by atoms with E-state index >= 15 is 0 Å². The van der Waals surface area contributed by atoms with Gasteiger partial charge in [0.15, 0.2) is 0 Å². The van der Waals surface area contributed by atoms with Crippen molar-refractivity contribution in [3.05, 3.63) is 35.7 Å². The molecule has 1 atom stereocenters. The van der Waals surface area contributed by atoms with Gasteiger partial charge in [0.05, 0.1) is 5.69 Å². The first-order valence-corrected chi connectivity index (χ1v) is 12.0. The second-order valence-corrected chi connectivity index (χ2v) is 9.25. The van der Waals surface area contributed by atoms with Crippen LogP contribution in [0.2, 0.25) is 0 Å². The third-order valence-electron chi connectivity index (χ3n) is 6.90. The van der Waals surface area contributed by atoms with Crippen LogP contribution in [0.1, 0.15) is 62.8 Å². The summed E-state index contributed by atoms with van der Waals surface area (Å²) in [5.74, 6) is 0.0682.